The summed E-state index contributed by atoms with van der Waals surface area (Å²) in [5, 5.41) is 19.8. The third kappa shape index (κ3) is 2.57. The predicted octanol–water partition coefficient (Wildman–Crippen LogP) is 3.19. The maximum absolute atomic E-state index is 12.8. The van der Waals surface area contributed by atoms with Crippen LogP contribution in [0.5, 0.6) is 0 Å². The average molecular weight is 298 g/mol. The molecule has 0 spiro atoms. The molecular weight excluding hydrogens is 290 g/mol. The number of hydrogen-bond acceptors (Lipinski definition) is 5. The van der Waals surface area contributed by atoms with Gasteiger partial charge in [-0.1, -0.05) is 12.1 Å². The average Bonchev–Trinajstić information content (AvgIpc) is 2.83. The van der Waals surface area contributed by atoms with Crippen LogP contribution in [-0.4, -0.2) is 21.0 Å². The molecule has 2 aromatic rings. The van der Waals surface area contributed by atoms with E-state index in [-0.39, 0.29) is 5.56 Å². The summed E-state index contributed by atoms with van der Waals surface area (Å²) >= 11 is 0. The first-order valence-corrected chi connectivity index (χ1v) is 5.59. The van der Waals surface area contributed by atoms with E-state index in [1.807, 2.05) is 0 Å². The fourth-order valence-electron chi connectivity index (χ4n) is 1.82. The molecule has 0 amide bonds. The van der Waals surface area contributed by atoms with E-state index in [2.05, 4.69) is 4.98 Å². The van der Waals surface area contributed by atoms with Gasteiger partial charge in [0.25, 0.3) is 12.1 Å². The highest BCUT2D eigenvalue weighted by molar-refractivity contribution is 5.86. The number of benzene rings is 1. The zero-order chi connectivity index (χ0) is 15.7. The lowest BCUT2D eigenvalue weighted by Crippen LogP contribution is -1.99. The van der Waals surface area contributed by atoms with E-state index in [0.717, 1.165) is 6.07 Å². The van der Waals surface area contributed by atoms with Crippen molar-refractivity contribution in [3.05, 3.63) is 45.3 Å². The molecule has 0 saturated carbocycles. The number of nitro benzene ring substituents is 1. The van der Waals surface area contributed by atoms with Crippen LogP contribution in [-0.2, 0) is 0 Å². The van der Waals surface area contributed by atoms with Crippen LogP contribution in [0, 0.1) is 17.0 Å². The van der Waals surface area contributed by atoms with Crippen LogP contribution in [0.25, 0.3) is 11.5 Å². The van der Waals surface area contributed by atoms with Gasteiger partial charge in [-0.05, 0) is 12.5 Å². The molecular formula is C12H8F2N2O5. The molecule has 0 fully saturated rings. The number of carbonyl (C=O) groups is 1. The van der Waals surface area contributed by atoms with Crippen molar-refractivity contribution in [3.8, 4) is 11.5 Å². The van der Waals surface area contributed by atoms with E-state index in [0.29, 0.717) is 5.56 Å². The molecule has 1 aromatic carbocycles. The van der Waals surface area contributed by atoms with Crippen LogP contribution in [0.1, 0.15) is 28.2 Å². The van der Waals surface area contributed by atoms with E-state index in [4.69, 9.17) is 9.52 Å². The maximum atomic E-state index is 12.8. The monoisotopic (exact) mass is 298 g/mol. The minimum Gasteiger partial charge on any atom is -0.475 e. The Bertz CT molecular complexity index is 726. The van der Waals surface area contributed by atoms with Gasteiger partial charge in [-0.2, -0.15) is 0 Å². The zero-order valence-electron chi connectivity index (χ0n) is 10.5. The molecule has 0 radical (unpaired) electrons. The summed E-state index contributed by atoms with van der Waals surface area (Å²) in [5.41, 5.74) is -1.25. The normalized spacial score (nSPS) is 10.9. The topological polar surface area (TPSA) is 106 Å². The van der Waals surface area contributed by atoms with Crippen LogP contribution in [0.4, 0.5) is 14.5 Å². The van der Waals surface area contributed by atoms with Crippen molar-refractivity contribution in [2.45, 2.75) is 13.3 Å². The Hall–Kier alpha value is -2.84. The number of aromatic nitrogens is 1. The van der Waals surface area contributed by atoms with Gasteiger partial charge in [0.05, 0.1) is 4.92 Å². The Morgan fingerprint density at radius 2 is 2.14 bits per heavy atom. The van der Waals surface area contributed by atoms with Crippen LogP contribution in [0.2, 0.25) is 0 Å². The first-order valence-electron chi connectivity index (χ1n) is 5.59. The minimum absolute atomic E-state index is 0.128. The number of oxazole rings is 1. The number of hydrogen-bond donors (Lipinski definition) is 1. The summed E-state index contributed by atoms with van der Waals surface area (Å²) in [5.74, 6) is -3.27. The number of carboxylic acids is 1. The number of aryl methyl sites for hydroxylation is 1. The van der Waals surface area contributed by atoms with Crippen LogP contribution in [0.3, 0.4) is 0 Å². The Kier molecular flexibility index (Phi) is 3.66. The largest absolute Gasteiger partial charge is 0.475 e. The summed E-state index contributed by atoms with van der Waals surface area (Å²) in [6, 6.07) is 4.05. The number of carboxylic acid groups (broad SMARTS) is 1. The fraction of sp³-hybridized carbons (Fsp3) is 0.167. The van der Waals surface area contributed by atoms with Gasteiger partial charge in [-0.25, -0.2) is 18.6 Å². The summed E-state index contributed by atoms with van der Waals surface area (Å²) < 4.78 is 30.3. The SMILES string of the molecule is Cc1cccc([N+](=O)[O-])c1-c1nc(C(F)F)c(C(=O)O)o1. The predicted molar refractivity (Wildman–Crippen MR) is 65.2 cm³/mol. The highest BCUT2D eigenvalue weighted by Gasteiger charge is 2.30. The maximum Gasteiger partial charge on any atom is 0.374 e. The van der Waals surface area contributed by atoms with Gasteiger partial charge in [0, 0.05) is 6.07 Å². The molecule has 0 aliphatic carbocycles. The Balaban J connectivity index is 2.71. The van der Waals surface area contributed by atoms with Gasteiger partial charge in [-0.3, -0.25) is 10.1 Å². The van der Waals surface area contributed by atoms with E-state index < -0.39 is 40.4 Å². The number of nitrogens with zero attached hydrogens (tertiary/aromatic N) is 2. The second-order valence-electron chi connectivity index (χ2n) is 4.07. The molecule has 0 atom stereocenters. The van der Waals surface area contributed by atoms with Crippen molar-refractivity contribution in [2.75, 3.05) is 0 Å². The first-order chi connectivity index (χ1) is 9.82. The molecule has 9 heteroatoms. The number of aromatic carboxylic acids is 1. The molecule has 0 unspecified atom stereocenters. The molecule has 1 N–H and O–H groups in total. The lowest BCUT2D eigenvalue weighted by molar-refractivity contribution is -0.384. The summed E-state index contributed by atoms with van der Waals surface area (Å²) in [4.78, 5) is 24.5. The van der Waals surface area contributed by atoms with Crippen molar-refractivity contribution in [1.29, 1.82) is 0 Å². The van der Waals surface area contributed by atoms with Gasteiger partial charge in [0.2, 0.25) is 11.7 Å². The second kappa shape index (κ2) is 5.27. The van der Waals surface area contributed by atoms with Gasteiger partial charge in [0.1, 0.15) is 5.56 Å². The highest BCUT2D eigenvalue weighted by Crippen LogP contribution is 2.35. The summed E-state index contributed by atoms with van der Waals surface area (Å²) in [7, 11) is 0. The third-order valence-electron chi connectivity index (χ3n) is 2.72. The van der Waals surface area contributed by atoms with Gasteiger partial charge in [0.15, 0.2) is 5.69 Å². The van der Waals surface area contributed by atoms with Crippen molar-refractivity contribution < 1.29 is 28.0 Å². The van der Waals surface area contributed by atoms with Crippen LogP contribution in [0.15, 0.2) is 22.6 Å². The van der Waals surface area contributed by atoms with E-state index in [9.17, 15) is 23.7 Å². The molecule has 2 rings (SSSR count). The van der Waals surface area contributed by atoms with Gasteiger partial charge < -0.3 is 9.52 Å². The van der Waals surface area contributed by atoms with Crippen molar-refractivity contribution in [3.63, 3.8) is 0 Å². The number of rotatable bonds is 4. The molecule has 7 nitrogen and oxygen atoms in total. The molecule has 1 heterocycles. The molecule has 1 aromatic heterocycles. The smallest absolute Gasteiger partial charge is 0.374 e. The van der Waals surface area contributed by atoms with Crippen molar-refractivity contribution in [2.24, 2.45) is 0 Å². The van der Waals surface area contributed by atoms with E-state index in [1.54, 1.807) is 0 Å². The molecule has 0 aliphatic heterocycles. The zero-order valence-corrected chi connectivity index (χ0v) is 10.5. The van der Waals surface area contributed by atoms with Crippen LogP contribution < -0.4 is 0 Å². The molecule has 0 aliphatic rings. The lowest BCUT2D eigenvalue weighted by Gasteiger charge is -2.02. The quantitative estimate of drug-likeness (QED) is 0.686. The van der Waals surface area contributed by atoms with Crippen molar-refractivity contribution >= 4 is 11.7 Å². The van der Waals surface area contributed by atoms with E-state index in [1.165, 1.54) is 19.1 Å². The van der Waals surface area contributed by atoms with Crippen molar-refractivity contribution in [1.82, 2.24) is 4.98 Å². The Morgan fingerprint density at radius 1 is 1.48 bits per heavy atom. The fourth-order valence-corrected chi connectivity index (χ4v) is 1.82. The molecule has 0 saturated heterocycles. The van der Waals surface area contributed by atoms with Crippen LogP contribution >= 0.6 is 0 Å². The highest BCUT2D eigenvalue weighted by atomic mass is 19.3. The summed E-state index contributed by atoms with van der Waals surface area (Å²) in [6.07, 6.45) is -3.17. The molecule has 0 bridgehead atoms. The standard InChI is InChI=1S/C12H8F2N2O5/c1-5-3-2-4-6(16(19)20)7(5)11-15-8(10(13)14)9(21-11)12(17)18/h2-4,10H,1H3,(H,17,18). The number of alkyl halides is 2. The second-order valence-corrected chi connectivity index (χ2v) is 4.07. The van der Waals surface area contributed by atoms with Gasteiger partial charge in [-0.15, -0.1) is 0 Å². The number of halogens is 2. The third-order valence-corrected chi connectivity index (χ3v) is 2.72. The van der Waals surface area contributed by atoms with E-state index >= 15 is 0 Å². The Labute approximate surface area is 116 Å². The van der Waals surface area contributed by atoms with Gasteiger partial charge >= 0.3 is 5.97 Å². The Morgan fingerprint density at radius 3 is 2.62 bits per heavy atom. The lowest BCUT2D eigenvalue weighted by atomic mass is 10.1. The molecule has 110 valence electrons. The summed E-state index contributed by atoms with van der Waals surface area (Å²) in [6.45, 7) is 1.50. The molecule has 21 heavy (non-hydrogen) atoms. The number of nitro groups is 1. The first kappa shape index (κ1) is 14.6. The minimum atomic E-state index is -3.17.